The first-order valence-corrected chi connectivity index (χ1v) is 13.4. The Morgan fingerprint density at radius 1 is 1.25 bits per heavy atom. The lowest BCUT2D eigenvalue weighted by Crippen LogP contribution is -2.63. The van der Waals surface area contributed by atoms with Gasteiger partial charge in [0.1, 0.15) is 6.61 Å². The summed E-state index contributed by atoms with van der Waals surface area (Å²) in [7, 11) is 0. The van der Waals surface area contributed by atoms with Crippen LogP contribution in [0.25, 0.3) is 0 Å². The number of aliphatic hydroxyl groups is 2. The number of benzene rings is 1. The Kier molecular flexibility index (Phi) is 5.67. The lowest BCUT2D eigenvalue weighted by atomic mass is 9.46. The molecule has 6 nitrogen and oxygen atoms in total. The Balaban J connectivity index is 1.34. The van der Waals surface area contributed by atoms with Gasteiger partial charge in [-0.3, -0.25) is 14.4 Å². The molecule has 3 saturated carbocycles. The summed E-state index contributed by atoms with van der Waals surface area (Å²) in [5.41, 5.74) is 0.0436. The van der Waals surface area contributed by atoms with Gasteiger partial charge in [0.25, 0.3) is 0 Å². The van der Waals surface area contributed by atoms with Crippen LogP contribution in [0.1, 0.15) is 45.1 Å². The molecule has 1 aliphatic heterocycles. The van der Waals surface area contributed by atoms with E-state index >= 15 is 0 Å². The number of ketones is 2. The number of aliphatic hydroxyl groups excluding tert-OH is 2. The largest absolute Gasteiger partial charge is 0.393 e. The second kappa shape index (κ2) is 8.34. The molecule has 2 N–H and O–H groups in total. The van der Waals surface area contributed by atoms with Crippen LogP contribution in [0.4, 0.5) is 0 Å². The van der Waals surface area contributed by atoms with Gasteiger partial charge in [0.2, 0.25) is 0 Å². The normalized spacial score (nSPS) is 43.4. The first-order chi connectivity index (χ1) is 17.1. The van der Waals surface area contributed by atoms with Crippen LogP contribution in [-0.4, -0.2) is 51.7 Å². The number of hydrogen-bond donors (Lipinski definition) is 2. The average molecular weight is 512 g/mol. The van der Waals surface area contributed by atoms with E-state index in [1.54, 1.807) is 12.2 Å². The highest BCUT2D eigenvalue weighted by molar-refractivity contribution is 6.30. The van der Waals surface area contributed by atoms with Crippen molar-refractivity contribution < 1.29 is 24.6 Å². The fourth-order valence-corrected chi connectivity index (χ4v) is 9.07. The monoisotopic (exact) mass is 511 g/mol. The van der Waals surface area contributed by atoms with E-state index in [1.165, 1.54) is 0 Å². The molecule has 0 amide bonds. The predicted molar refractivity (Wildman–Crippen MR) is 135 cm³/mol. The molecule has 6 rings (SSSR count). The van der Waals surface area contributed by atoms with Gasteiger partial charge < -0.3 is 10.2 Å². The zero-order valence-electron chi connectivity index (χ0n) is 20.8. The average Bonchev–Trinajstić information content (AvgIpc) is 3.32. The van der Waals surface area contributed by atoms with Crippen LogP contribution in [0.5, 0.6) is 0 Å². The summed E-state index contributed by atoms with van der Waals surface area (Å²) in [4.78, 5) is 32.3. The molecule has 0 radical (unpaired) electrons. The van der Waals surface area contributed by atoms with Crippen molar-refractivity contribution in [2.24, 2.45) is 34.5 Å². The van der Waals surface area contributed by atoms with E-state index in [0.717, 1.165) is 30.4 Å². The Morgan fingerprint density at radius 3 is 2.72 bits per heavy atom. The van der Waals surface area contributed by atoms with E-state index in [9.17, 15) is 19.8 Å². The molecule has 8 atom stereocenters. The Labute approximate surface area is 216 Å². The van der Waals surface area contributed by atoms with Crippen molar-refractivity contribution in [2.75, 3.05) is 13.2 Å². The van der Waals surface area contributed by atoms with Crippen LogP contribution >= 0.6 is 11.6 Å². The highest BCUT2D eigenvalue weighted by Crippen LogP contribution is 2.70. The van der Waals surface area contributed by atoms with Crippen LogP contribution in [0.3, 0.4) is 0 Å². The van der Waals surface area contributed by atoms with Crippen LogP contribution in [0, 0.1) is 34.5 Å². The van der Waals surface area contributed by atoms with E-state index in [2.05, 4.69) is 13.8 Å². The zero-order chi connectivity index (χ0) is 25.5. The van der Waals surface area contributed by atoms with Crippen LogP contribution < -0.4 is 0 Å². The van der Waals surface area contributed by atoms with E-state index in [0.29, 0.717) is 24.5 Å². The number of allylic oxidation sites excluding steroid dienone is 4. The predicted octanol–water partition coefficient (Wildman–Crippen LogP) is 3.89. The first-order valence-electron chi connectivity index (χ1n) is 13.1. The second-order valence-electron chi connectivity index (χ2n) is 12.0. The summed E-state index contributed by atoms with van der Waals surface area (Å²) in [5.74, 6) is 0.0685. The maximum absolute atomic E-state index is 13.6. The standard InChI is InChI=1S/C29H34ClNO5/c1-27-10-9-21(33)11-18(27)5-8-22-23-12-19-15-31(14-17-3-6-20(30)7-4-17)36-29(19,25(35)16-32)28(23,2)13-24(34)26(22)27/h3-4,6-7,9-11,19,22-24,26,32,34H,5,8,12-16H2,1-2H3/t19-,22-,23-,24-,26?,27-,28-,29-/m0/s1. The summed E-state index contributed by atoms with van der Waals surface area (Å²) in [6.07, 6.45) is 7.73. The fraction of sp³-hybridized carbons (Fsp3) is 0.586. The quantitative estimate of drug-likeness (QED) is 0.637. The molecule has 1 saturated heterocycles. The molecule has 4 fully saturated rings. The highest BCUT2D eigenvalue weighted by atomic mass is 35.5. The maximum atomic E-state index is 13.6. The van der Waals surface area contributed by atoms with Crippen molar-refractivity contribution >= 4 is 23.2 Å². The van der Waals surface area contributed by atoms with Gasteiger partial charge in [-0.05, 0) is 67.4 Å². The van der Waals surface area contributed by atoms with Gasteiger partial charge in [0, 0.05) is 40.8 Å². The van der Waals surface area contributed by atoms with E-state index in [4.69, 9.17) is 16.4 Å². The zero-order valence-corrected chi connectivity index (χ0v) is 21.6. The summed E-state index contributed by atoms with van der Waals surface area (Å²) in [6, 6.07) is 7.60. The fourth-order valence-electron chi connectivity index (χ4n) is 8.95. The molecule has 0 bridgehead atoms. The van der Waals surface area contributed by atoms with Crippen molar-refractivity contribution in [3.05, 3.63) is 58.7 Å². The van der Waals surface area contributed by atoms with Crippen LogP contribution in [0.2, 0.25) is 5.02 Å². The molecule has 1 unspecified atom stereocenters. The van der Waals surface area contributed by atoms with E-state index in [-0.39, 0.29) is 40.7 Å². The van der Waals surface area contributed by atoms with Gasteiger partial charge in [-0.1, -0.05) is 49.2 Å². The maximum Gasteiger partial charge on any atom is 0.192 e. The molecule has 0 aromatic heterocycles. The third-order valence-corrected chi connectivity index (χ3v) is 10.6. The summed E-state index contributed by atoms with van der Waals surface area (Å²) >= 11 is 6.05. The Bertz CT molecular complexity index is 1160. The Hall–Kier alpha value is -1.83. The number of hydroxylamine groups is 2. The molecule has 36 heavy (non-hydrogen) atoms. The number of hydrogen-bond acceptors (Lipinski definition) is 6. The van der Waals surface area contributed by atoms with Gasteiger partial charge in [-0.15, -0.1) is 0 Å². The van der Waals surface area contributed by atoms with Gasteiger partial charge in [0.15, 0.2) is 17.2 Å². The van der Waals surface area contributed by atoms with Gasteiger partial charge in [0.05, 0.1) is 6.10 Å². The van der Waals surface area contributed by atoms with Crippen molar-refractivity contribution in [1.82, 2.24) is 5.06 Å². The lowest BCUT2D eigenvalue weighted by molar-refractivity contribution is -0.254. The van der Waals surface area contributed by atoms with Crippen molar-refractivity contribution in [2.45, 2.75) is 57.8 Å². The molecule has 4 aliphatic carbocycles. The smallest absolute Gasteiger partial charge is 0.192 e. The van der Waals surface area contributed by atoms with E-state index < -0.39 is 23.7 Å². The van der Waals surface area contributed by atoms with Crippen molar-refractivity contribution in [3.63, 3.8) is 0 Å². The number of Topliss-reactive ketones (excluding diaryl/α,β-unsaturated/α-hetero) is 1. The molecule has 1 aromatic carbocycles. The number of carbonyl (C=O) groups is 2. The third kappa shape index (κ3) is 3.24. The first kappa shape index (κ1) is 24.5. The van der Waals surface area contributed by atoms with Crippen LogP contribution in [-0.2, 0) is 21.0 Å². The minimum Gasteiger partial charge on any atom is -0.393 e. The highest BCUT2D eigenvalue weighted by Gasteiger charge is 2.75. The van der Waals surface area contributed by atoms with Crippen molar-refractivity contribution in [1.29, 1.82) is 0 Å². The number of nitrogens with zero attached hydrogens (tertiary/aromatic N) is 1. The number of halogens is 1. The molecule has 5 aliphatic rings. The van der Waals surface area contributed by atoms with Crippen molar-refractivity contribution in [3.8, 4) is 0 Å². The number of rotatable bonds is 4. The van der Waals surface area contributed by atoms with Gasteiger partial charge >= 0.3 is 0 Å². The summed E-state index contributed by atoms with van der Waals surface area (Å²) in [5, 5.41) is 24.3. The van der Waals surface area contributed by atoms with Gasteiger partial charge in [-0.2, -0.15) is 5.06 Å². The summed E-state index contributed by atoms with van der Waals surface area (Å²) in [6.45, 7) is 4.80. The molecule has 0 spiro atoms. The minimum atomic E-state index is -1.15. The molecular formula is C29H34ClNO5. The number of fused-ring (bicyclic) bond motifs is 7. The SMILES string of the molecule is C[C@]12C=CC(=O)C=C1CC[C@@H]1C2[C@@H](O)C[C@@]2(C)[C@H]1C[C@H]1CN(Cc3ccc(Cl)cc3)O[C@]12C(=O)CO. The van der Waals surface area contributed by atoms with E-state index in [1.807, 2.05) is 35.4 Å². The molecule has 1 aromatic rings. The van der Waals surface area contributed by atoms with Crippen LogP contribution in [0.15, 0.2) is 48.1 Å². The number of carbonyl (C=O) groups excluding carboxylic acids is 2. The molecular weight excluding hydrogens is 478 g/mol. The summed E-state index contributed by atoms with van der Waals surface area (Å²) < 4.78 is 0. The van der Waals surface area contributed by atoms with Gasteiger partial charge in [-0.25, -0.2) is 0 Å². The molecule has 7 heteroatoms. The lowest BCUT2D eigenvalue weighted by Gasteiger charge is -2.59. The molecule has 192 valence electrons. The Morgan fingerprint density at radius 2 is 2.00 bits per heavy atom. The second-order valence-corrected chi connectivity index (χ2v) is 12.4. The topological polar surface area (TPSA) is 87.1 Å². The third-order valence-electron chi connectivity index (χ3n) is 10.4. The molecule has 1 heterocycles. The minimum absolute atomic E-state index is 0.00907.